The molecule has 1 aliphatic rings. The van der Waals surface area contributed by atoms with Crippen molar-refractivity contribution in [2.24, 2.45) is 0 Å². The van der Waals surface area contributed by atoms with Gasteiger partial charge < -0.3 is 9.84 Å². The van der Waals surface area contributed by atoms with Crippen molar-refractivity contribution in [3.63, 3.8) is 0 Å². The Morgan fingerprint density at radius 2 is 1.90 bits per heavy atom. The zero-order chi connectivity index (χ0) is 15.2. The molecule has 0 aromatic heterocycles. The van der Waals surface area contributed by atoms with E-state index in [0.717, 1.165) is 25.7 Å². The lowest BCUT2D eigenvalue weighted by Gasteiger charge is -2.06. The molecule has 0 fully saturated rings. The molecule has 1 N–H and O–H groups in total. The molecular weight excluding hydrogens is 256 g/mol. The standard InChI is InChI=1S/C11H20O2.C5H6O2/c1-3-5-6-7-8-9-10-13-11(12)4-2;6-5(7)4-2-1-3-4/h4H,2-3,5-10H2,1H3;2H,1,3H2,(H,6,7). The highest BCUT2D eigenvalue weighted by Gasteiger charge is 2.11. The van der Waals surface area contributed by atoms with Crippen LogP contribution in [0.3, 0.4) is 0 Å². The van der Waals surface area contributed by atoms with Crippen LogP contribution < -0.4 is 0 Å². The molecule has 0 saturated carbocycles. The molecule has 0 heterocycles. The predicted molar refractivity (Wildman–Crippen MR) is 79.5 cm³/mol. The number of hydrogen-bond donors (Lipinski definition) is 1. The fourth-order valence-corrected chi connectivity index (χ4v) is 1.60. The summed E-state index contributed by atoms with van der Waals surface area (Å²) in [5.74, 6) is -1.07. The van der Waals surface area contributed by atoms with Gasteiger partial charge in [-0.1, -0.05) is 51.7 Å². The normalized spacial score (nSPS) is 12.3. The lowest BCUT2D eigenvalue weighted by Crippen LogP contribution is -2.05. The average molecular weight is 282 g/mol. The maximum Gasteiger partial charge on any atom is 0.331 e. The molecule has 0 spiro atoms. The highest BCUT2D eigenvalue weighted by atomic mass is 16.5. The van der Waals surface area contributed by atoms with Gasteiger partial charge in [-0.05, 0) is 19.3 Å². The largest absolute Gasteiger partial charge is 0.478 e. The lowest BCUT2D eigenvalue weighted by molar-refractivity contribution is -0.138. The first kappa shape index (κ1) is 18.4. The summed E-state index contributed by atoms with van der Waals surface area (Å²) in [5, 5.41) is 8.16. The molecule has 114 valence electrons. The van der Waals surface area contributed by atoms with E-state index < -0.39 is 5.97 Å². The summed E-state index contributed by atoms with van der Waals surface area (Å²) in [6, 6.07) is 0. The van der Waals surface area contributed by atoms with E-state index in [0.29, 0.717) is 12.2 Å². The molecule has 20 heavy (non-hydrogen) atoms. The number of allylic oxidation sites excluding steroid dienone is 1. The smallest absolute Gasteiger partial charge is 0.331 e. The first-order valence-electron chi connectivity index (χ1n) is 7.33. The van der Waals surface area contributed by atoms with Gasteiger partial charge in [-0.25, -0.2) is 9.59 Å². The van der Waals surface area contributed by atoms with E-state index in [9.17, 15) is 9.59 Å². The van der Waals surface area contributed by atoms with Crippen molar-refractivity contribution < 1.29 is 19.4 Å². The second-order valence-electron chi connectivity index (χ2n) is 4.71. The number of hydrogen-bond acceptors (Lipinski definition) is 3. The lowest BCUT2D eigenvalue weighted by atomic mass is 10.00. The fraction of sp³-hybridized carbons (Fsp3) is 0.625. The number of ether oxygens (including phenoxy) is 1. The van der Waals surface area contributed by atoms with E-state index in [4.69, 9.17) is 9.84 Å². The minimum absolute atomic E-state index is 0.312. The molecule has 0 radical (unpaired) electrons. The molecule has 0 atom stereocenters. The van der Waals surface area contributed by atoms with E-state index in [1.54, 1.807) is 6.08 Å². The Bertz CT molecular complexity index is 331. The Morgan fingerprint density at radius 1 is 1.30 bits per heavy atom. The van der Waals surface area contributed by atoms with Gasteiger partial charge in [0.05, 0.1) is 6.61 Å². The van der Waals surface area contributed by atoms with Gasteiger partial charge >= 0.3 is 11.9 Å². The van der Waals surface area contributed by atoms with E-state index >= 15 is 0 Å². The molecule has 1 rings (SSSR count). The van der Waals surface area contributed by atoms with Gasteiger partial charge in [0.1, 0.15) is 0 Å². The Morgan fingerprint density at radius 3 is 2.30 bits per heavy atom. The monoisotopic (exact) mass is 282 g/mol. The molecule has 0 saturated heterocycles. The Balaban J connectivity index is 0.000000428. The number of unbranched alkanes of at least 4 members (excludes halogenated alkanes) is 5. The van der Waals surface area contributed by atoms with Gasteiger partial charge in [-0.2, -0.15) is 0 Å². The van der Waals surface area contributed by atoms with Crippen LogP contribution in [-0.2, 0) is 14.3 Å². The zero-order valence-electron chi connectivity index (χ0n) is 12.4. The van der Waals surface area contributed by atoms with Crippen LogP contribution in [0.2, 0.25) is 0 Å². The average Bonchev–Trinajstić information content (AvgIpc) is 2.35. The van der Waals surface area contributed by atoms with Crippen LogP contribution in [-0.4, -0.2) is 23.7 Å². The number of carbonyl (C=O) groups excluding carboxylic acids is 1. The third-order valence-electron chi connectivity index (χ3n) is 2.99. The van der Waals surface area contributed by atoms with Crippen LogP contribution in [0.5, 0.6) is 0 Å². The number of rotatable bonds is 9. The number of carboxylic acid groups (broad SMARTS) is 1. The van der Waals surface area contributed by atoms with E-state index in [1.807, 2.05) is 0 Å². The quantitative estimate of drug-likeness (QED) is 0.396. The molecule has 4 heteroatoms. The number of esters is 1. The maximum atomic E-state index is 10.6. The topological polar surface area (TPSA) is 63.6 Å². The second-order valence-corrected chi connectivity index (χ2v) is 4.71. The number of aliphatic carboxylic acids is 1. The summed E-state index contributed by atoms with van der Waals surface area (Å²) in [5.41, 5.74) is 0.569. The van der Waals surface area contributed by atoms with Crippen LogP contribution in [0.1, 0.15) is 58.3 Å². The van der Waals surface area contributed by atoms with Crippen molar-refractivity contribution in [2.75, 3.05) is 6.61 Å². The van der Waals surface area contributed by atoms with Crippen molar-refractivity contribution in [2.45, 2.75) is 58.3 Å². The van der Waals surface area contributed by atoms with Gasteiger partial charge in [0.15, 0.2) is 0 Å². The molecule has 0 bridgehead atoms. The summed E-state index contributed by atoms with van der Waals surface area (Å²) in [6.07, 6.45) is 11.9. The second kappa shape index (κ2) is 12.5. The molecule has 4 nitrogen and oxygen atoms in total. The first-order chi connectivity index (χ1) is 9.61. The molecule has 0 aliphatic heterocycles. The first-order valence-corrected chi connectivity index (χ1v) is 7.33. The van der Waals surface area contributed by atoms with Crippen molar-refractivity contribution in [1.29, 1.82) is 0 Å². The number of carbonyl (C=O) groups is 2. The maximum absolute atomic E-state index is 10.6. The zero-order valence-corrected chi connectivity index (χ0v) is 12.4. The molecule has 1 aliphatic carbocycles. The van der Waals surface area contributed by atoms with Gasteiger partial charge in [0, 0.05) is 11.6 Å². The minimum atomic E-state index is -0.758. The van der Waals surface area contributed by atoms with Crippen molar-refractivity contribution in [1.82, 2.24) is 0 Å². The van der Waals surface area contributed by atoms with E-state index in [-0.39, 0.29) is 5.97 Å². The molecule has 0 amide bonds. The fourth-order valence-electron chi connectivity index (χ4n) is 1.60. The van der Waals surface area contributed by atoms with Crippen molar-refractivity contribution >= 4 is 11.9 Å². The van der Waals surface area contributed by atoms with Gasteiger partial charge in [0.2, 0.25) is 0 Å². The molecule has 0 unspecified atom stereocenters. The molecular formula is C16H26O4. The molecule has 0 aromatic carbocycles. The van der Waals surface area contributed by atoms with Gasteiger partial charge in [0.25, 0.3) is 0 Å². The Hall–Kier alpha value is -1.58. The summed E-state index contributed by atoms with van der Waals surface area (Å²) in [7, 11) is 0. The van der Waals surface area contributed by atoms with Crippen LogP contribution in [0.15, 0.2) is 24.3 Å². The van der Waals surface area contributed by atoms with E-state index in [2.05, 4.69) is 13.5 Å². The van der Waals surface area contributed by atoms with Crippen LogP contribution in [0, 0.1) is 0 Å². The van der Waals surface area contributed by atoms with Crippen molar-refractivity contribution in [3.05, 3.63) is 24.3 Å². The van der Waals surface area contributed by atoms with Crippen LogP contribution in [0.25, 0.3) is 0 Å². The summed E-state index contributed by atoms with van der Waals surface area (Å²) < 4.78 is 4.84. The Kier molecular flexibility index (Phi) is 11.5. The van der Waals surface area contributed by atoms with Crippen LogP contribution >= 0.6 is 0 Å². The highest BCUT2D eigenvalue weighted by molar-refractivity contribution is 5.87. The van der Waals surface area contributed by atoms with Gasteiger partial charge in [-0.3, -0.25) is 0 Å². The minimum Gasteiger partial charge on any atom is -0.478 e. The highest BCUT2D eigenvalue weighted by Crippen LogP contribution is 2.16. The third kappa shape index (κ3) is 10.4. The third-order valence-corrected chi connectivity index (χ3v) is 2.99. The number of carboxylic acids is 1. The van der Waals surface area contributed by atoms with Crippen LogP contribution in [0.4, 0.5) is 0 Å². The molecule has 0 aromatic rings. The van der Waals surface area contributed by atoms with Crippen molar-refractivity contribution in [3.8, 4) is 0 Å². The SMILES string of the molecule is C=CC(=O)OCCCCCCCC.O=C(O)C1=CCC1. The van der Waals surface area contributed by atoms with E-state index in [1.165, 1.54) is 31.8 Å². The Labute approximate surface area is 121 Å². The summed E-state index contributed by atoms with van der Waals surface area (Å²) >= 11 is 0. The van der Waals surface area contributed by atoms with Gasteiger partial charge in [-0.15, -0.1) is 0 Å². The summed E-state index contributed by atoms with van der Waals surface area (Å²) in [6.45, 7) is 6.06. The summed E-state index contributed by atoms with van der Waals surface area (Å²) in [4.78, 5) is 20.5. The predicted octanol–water partition coefficient (Wildman–Crippen LogP) is 3.87.